The van der Waals surface area contributed by atoms with Crippen molar-refractivity contribution in [3.05, 3.63) is 59.2 Å². The van der Waals surface area contributed by atoms with E-state index in [0.29, 0.717) is 22.8 Å². The molecular weight excluding hydrogens is 308 g/mol. The van der Waals surface area contributed by atoms with Crippen LogP contribution < -0.4 is 10.1 Å². The number of nitrogens with zero attached hydrogens (tertiary/aromatic N) is 3. The molecule has 0 radical (unpaired) electrons. The molecule has 0 aliphatic rings. The summed E-state index contributed by atoms with van der Waals surface area (Å²) in [6, 6.07) is 9.36. The van der Waals surface area contributed by atoms with E-state index in [1.807, 2.05) is 31.2 Å². The van der Waals surface area contributed by atoms with Crippen LogP contribution in [0.1, 0.15) is 27.5 Å². The number of benzene rings is 1. The standard InChI is InChI=1S/C17H18N4O3/c1-11-6-4-5-7-15(11)23-10-21-9-8-14(19-21)17(22)18-16-12(2)20-24-13(16)3/h4-9H,10H2,1-3H3,(H,18,22). The molecule has 7 heteroatoms. The summed E-state index contributed by atoms with van der Waals surface area (Å²) in [6.07, 6.45) is 1.69. The van der Waals surface area contributed by atoms with E-state index in [-0.39, 0.29) is 12.6 Å². The average molecular weight is 326 g/mol. The second-order valence-corrected chi connectivity index (χ2v) is 5.43. The maximum Gasteiger partial charge on any atom is 0.276 e. The second-order valence-electron chi connectivity index (χ2n) is 5.43. The Labute approximate surface area is 139 Å². The van der Waals surface area contributed by atoms with E-state index >= 15 is 0 Å². The van der Waals surface area contributed by atoms with Gasteiger partial charge in [0.05, 0.1) is 0 Å². The van der Waals surface area contributed by atoms with Crippen LogP contribution >= 0.6 is 0 Å². The van der Waals surface area contributed by atoms with Crippen LogP contribution in [0.2, 0.25) is 0 Å². The third-order valence-corrected chi connectivity index (χ3v) is 3.59. The van der Waals surface area contributed by atoms with Crippen molar-refractivity contribution < 1.29 is 14.1 Å². The fourth-order valence-corrected chi connectivity index (χ4v) is 2.25. The molecule has 0 aliphatic carbocycles. The summed E-state index contributed by atoms with van der Waals surface area (Å²) >= 11 is 0. The summed E-state index contributed by atoms with van der Waals surface area (Å²) in [7, 11) is 0. The van der Waals surface area contributed by atoms with Gasteiger partial charge in [-0.25, -0.2) is 4.68 Å². The summed E-state index contributed by atoms with van der Waals surface area (Å²) in [6.45, 7) is 5.70. The zero-order chi connectivity index (χ0) is 17.1. The normalized spacial score (nSPS) is 10.6. The van der Waals surface area contributed by atoms with Gasteiger partial charge in [0.1, 0.15) is 17.1 Å². The Kier molecular flexibility index (Phi) is 4.33. The number of carbonyl (C=O) groups excluding carboxylic acids is 1. The average Bonchev–Trinajstić information content (AvgIpc) is 3.16. The predicted octanol–water partition coefficient (Wildman–Crippen LogP) is 3.09. The van der Waals surface area contributed by atoms with Crippen LogP contribution in [0.4, 0.5) is 5.69 Å². The molecule has 7 nitrogen and oxygen atoms in total. The monoisotopic (exact) mass is 326 g/mol. The van der Waals surface area contributed by atoms with Crippen molar-refractivity contribution in [3.8, 4) is 5.75 Å². The quantitative estimate of drug-likeness (QED) is 0.779. The fourth-order valence-electron chi connectivity index (χ4n) is 2.25. The number of amides is 1. The molecule has 0 spiro atoms. The largest absolute Gasteiger partial charge is 0.471 e. The molecule has 0 atom stereocenters. The number of rotatable bonds is 5. The molecule has 0 saturated heterocycles. The van der Waals surface area contributed by atoms with Crippen LogP contribution in [0.25, 0.3) is 0 Å². The number of carbonyl (C=O) groups is 1. The maximum absolute atomic E-state index is 12.3. The summed E-state index contributed by atoms with van der Waals surface area (Å²) in [5.41, 5.74) is 2.54. The zero-order valence-corrected chi connectivity index (χ0v) is 13.7. The van der Waals surface area contributed by atoms with Crippen LogP contribution in [0.15, 0.2) is 41.1 Å². The van der Waals surface area contributed by atoms with Crippen LogP contribution in [-0.4, -0.2) is 20.8 Å². The molecule has 1 aromatic carbocycles. The number of ether oxygens (including phenoxy) is 1. The third-order valence-electron chi connectivity index (χ3n) is 3.59. The van der Waals surface area contributed by atoms with Gasteiger partial charge in [0.15, 0.2) is 18.2 Å². The highest BCUT2D eigenvalue weighted by molar-refractivity contribution is 6.03. The maximum atomic E-state index is 12.3. The Bertz CT molecular complexity index is 847. The van der Waals surface area contributed by atoms with Crippen LogP contribution in [0, 0.1) is 20.8 Å². The van der Waals surface area contributed by atoms with Crippen LogP contribution in [0.3, 0.4) is 0 Å². The zero-order valence-electron chi connectivity index (χ0n) is 13.7. The van der Waals surface area contributed by atoms with Gasteiger partial charge in [-0.1, -0.05) is 23.4 Å². The molecule has 3 rings (SSSR count). The number of para-hydroxylation sites is 1. The van der Waals surface area contributed by atoms with Crippen LogP contribution in [0.5, 0.6) is 5.75 Å². The highest BCUT2D eigenvalue weighted by Crippen LogP contribution is 2.19. The molecule has 124 valence electrons. The number of anilines is 1. The Morgan fingerprint density at radius 2 is 2.04 bits per heavy atom. The first kappa shape index (κ1) is 15.8. The van der Waals surface area contributed by atoms with Gasteiger partial charge < -0.3 is 14.6 Å². The van der Waals surface area contributed by atoms with E-state index in [1.165, 1.54) is 0 Å². The van der Waals surface area contributed by atoms with Crippen molar-refractivity contribution >= 4 is 11.6 Å². The molecule has 3 aromatic rings. The molecule has 1 N–H and O–H groups in total. The molecule has 0 saturated carbocycles. The van der Waals surface area contributed by atoms with Crippen molar-refractivity contribution in [1.82, 2.24) is 14.9 Å². The topological polar surface area (TPSA) is 82.2 Å². The van der Waals surface area contributed by atoms with E-state index in [2.05, 4.69) is 15.6 Å². The van der Waals surface area contributed by atoms with Crippen molar-refractivity contribution in [2.75, 3.05) is 5.32 Å². The van der Waals surface area contributed by atoms with Gasteiger partial charge in [-0.15, -0.1) is 0 Å². The molecule has 2 heterocycles. The summed E-state index contributed by atoms with van der Waals surface area (Å²) in [5, 5.41) is 10.8. The number of aryl methyl sites for hydroxylation is 3. The van der Waals surface area contributed by atoms with E-state index in [1.54, 1.807) is 30.8 Å². The van der Waals surface area contributed by atoms with Crippen LogP contribution in [-0.2, 0) is 6.73 Å². The van der Waals surface area contributed by atoms with Gasteiger partial charge in [-0.3, -0.25) is 4.79 Å². The molecule has 2 aromatic heterocycles. The van der Waals surface area contributed by atoms with Gasteiger partial charge in [-0.2, -0.15) is 5.10 Å². The summed E-state index contributed by atoms with van der Waals surface area (Å²) in [5.74, 6) is 1.02. The molecule has 0 fully saturated rings. The third kappa shape index (κ3) is 3.29. The van der Waals surface area contributed by atoms with Gasteiger partial charge in [0.25, 0.3) is 5.91 Å². The first-order chi connectivity index (χ1) is 11.5. The van der Waals surface area contributed by atoms with E-state index < -0.39 is 0 Å². The van der Waals surface area contributed by atoms with Gasteiger partial charge in [-0.05, 0) is 38.5 Å². The first-order valence-corrected chi connectivity index (χ1v) is 7.50. The minimum atomic E-state index is -0.320. The van der Waals surface area contributed by atoms with Gasteiger partial charge in [0.2, 0.25) is 0 Å². The van der Waals surface area contributed by atoms with E-state index in [9.17, 15) is 4.79 Å². The summed E-state index contributed by atoms with van der Waals surface area (Å²) in [4.78, 5) is 12.3. The Morgan fingerprint density at radius 3 is 2.75 bits per heavy atom. The minimum absolute atomic E-state index is 0.226. The Hall–Kier alpha value is -3.09. The lowest BCUT2D eigenvalue weighted by Gasteiger charge is -2.08. The predicted molar refractivity (Wildman–Crippen MR) is 88.0 cm³/mol. The van der Waals surface area contributed by atoms with Crippen molar-refractivity contribution in [2.24, 2.45) is 0 Å². The fraction of sp³-hybridized carbons (Fsp3) is 0.235. The lowest BCUT2D eigenvalue weighted by atomic mass is 10.2. The SMILES string of the molecule is Cc1ccccc1OCn1ccc(C(=O)Nc2c(C)noc2C)n1. The second kappa shape index (κ2) is 6.57. The Morgan fingerprint density at radius 1 is 1.25 bits per heavy atom. The van der Waals surface area contributed by atoms with E-state index in [0.717, 1.165) is 11.3 Å². The highest BCUT2D eigenvalue weighted by atomic mass is 16.5. The van der Waals surface area contributed by atoms with Crippen molar-refractivity contribution in [2.45, 2.75) is 27.5 Å². The molecule has 0 bridgehead atoms. The van der Waals surface area contributed by atoms with Gasteiger partial charge >= 0.3 is 0 Å². The first-order valence-electron chi connectivity index (χ1n) is 7.50. The molecule has 0 aliphatic heterocycles. The molecule has 24 heavy (non-hydrogen) atoms. The number of nitrogens with one attached hydrogen (secondary N) is 1. The smallest absolute Gasteiger partial charge is 0.276 e. The summed E-state index contributed by atoms with van der Waals surface area (Å²) < 4.78 is 12.3. The number of hydrogen-bond acceptors (Lipinski definition) is 5. The number of hydrogen-bond donors (Lipinski definition) is 1. The molecule has 1 amide bonds. The molecule has 0 unspecified atom stereocenters. The van der Waals surface area contributed by atoms with Gasteiger partial charge in [0, 0.05) is 6.20 Å². The number of aromatic nitrogens is 3. The molecular formula is C17H18N4O3. The highest BCUT2D eigenvalue weighted by Gasteiger charge is 2.15. The Balaban J connectivity index is 1.65. The van der Waals surface area contributed by atoms with Crippen molar-refractivity contribution in [3.63, 3.8) is 0 Å². The lowest BCUT2D eigenvalue weighted by Crippen LogP contribution is -2.15. The lowest BCUT2D eigenvalue weighted by molar-refractivity contribution is 0.102. The van der Waals surface area contributed by atoms with Crippen molar-refractivity contribution in [1.29, 1.82) is 0 Å². The minimum Gasteiger partial charge on any atom is -0.471 e. The van der Waals surface area contributed by atoms with E-state index in [4.69, 9.17) is 9.26 Å².